The van der Waals surface area contributed by atoms with Crippen LogP contribution in [0.1, 0.15) is 58.4 Å². The summed E-state index contributed by atoms with van der Waals surface area (Å²) in [6, 6.07) is 9.09. The van der Waals surface area contributed by atoms with Gasteiger partial charge in [0.05, 0.1) is 0 Å². The second-order valence-electron chi connectivity index (χ2n) is 6.83. The van der Waals surface area contributed by atoms with Crippen LogP contribution in [-0.2, 0) is 0 Å². The van der Waals surface area contributed by atoms with Gasteiger partial charge in [-0.05, 0) is 55.3 Å². The number of benzene rings is 1. The summed E-state index contributed by atoms with van der Waals surface area (Å²) in [5, 5.41) is 3.44. The predicted octanol–water partition coefficient (Wildman–Crippen LogP) is 4.36. The van der Waals surface area contributed by atoms with E-state index in [2.05, 4.69) is 57.3 Å². The first-order valence-electron chi connectivity index (χ1n) is 7.92. The molecule has 20 heavy (non-hydrogen) atoms. The summed E-state index contributed by atoms with van der Waals surface area (Å²) in [6.45, 7) is 9.15. The molecule has 3 atom stereocenters. The SMILES string of the molecule is CCC(C)c1ccc(OC2CCC(C)(C)C2NC)cc1. The van der Waals surface area contributed by atoms with E-state index < -0.39 is 0 Å². The quantitative estimate of drug-likeness (QED) is 0.862. The van der Waals surface area contributed by atoms with E-state index in [9.17, 15) is 0 Å². The van der Waals surface area contributed by atoms with Crippen LogP contribution in [0.4, 0.5) is 0 Å². The Labute approximate surface area is 123 Å². The Morgan fingerprint density at radius 3 is 2.50 bits per heavy atom. The molecule has 0 heterocycles. The maximum absolute atomic E-state index is 6.22. The van der Waals surface area contributed by atoms with E-state index in [-0.39, 0.29) is 6.10 Å². The first-order valence-corrected chi connectivity index (χ1v) is 7.92. The van der Waals surface area contributed by atoms with Crippen LogP contribution in [0.5, 0.6) is 5.75 Å². The van der Waals surface area contributed by atoms with Gasteiger partial charge in [0.15, 0.2) is 0 Å². The van der Waals surface area contributed by atoms with Gasteiger partial charge < -0.3 is 10.1 Å². The van der Waals surface area contributed by atoms with Crippen molar-refractivity contribution < 1.29 is 4.74 Å². The van der Waals surface area contributed by atoms with Gasteiger partial charge in [-0.15, -0.1) is 0 Å². The van der Waals surface area contributed by atoms with Gasteiger partial charge in [0.2, 0.25) is 0 Å². The van der Waals surface area contributed by atoms with Crippen LogP contribution in [0, 0.1) is 5.41 Å². The largest absolute Gasteiger partial charge is 0.489 e. The minimum Gasteiger partial charge on any atom is -0.489 e. The van der Waals surface area contributed by atoms with Crippen LogP contribution in [-0.4, -0.2) is 19.2 Å². The highest BCUT2D eigenvalue weighted by Crippen LogP contribution is 2.39. The molecule has 112 valence electrons. The van der Waals surface area contributed by atoms with Crippen molar-refractivity contribution in [1.29, 1.82) is 0 Å². The Bertz CT molecular complexity index is 424. The number of rotatable bonds is 5. The summed E-state index contributed by atoms with van der Waals surface area (Å²) in [4.78, 5) is 0. The lowest BCUT2D eigenvalue weighted by Gasteiger charge is -2.30. The van der Waals surface area contributed by atoms with Gasteiger partial charge in [-0.3, -0.25) is 0 Å². The van der Waals surface area contributed by atoms with Crippen molar-refractivity contribution in [3.63, 3.8) is 0 Å². The molecule has 0 bridgehead atoms. The molecule has 0 aliphatic heterocycles. The summed E-state index contributed by atoms with van der Waals surface area (Å²) in [7, 11) is 2.04. The lowest BCUT2D eigenvalue weighted by atomic mass is 9.87. The minimum absolute atomic E-state index is 0.282. The Morgan fingerprint density at radius 1 is 1.30 bits per heavy atom. The van der Waals surface area contributed by atoms with Crippen LogP contribution >= 0.6 is 0 Å². The molecule has 0 saturated heterocycles. The van der Waals surface area contributed by atoms with Crippen molar-refractivity contribution in [3.8, 4) is 5.75 Å². The third-order valence-electron chi connectivity index (χ3n) is 4.95. The van der Waals surface area contributed by atoms with E-state index >= 15 is 0 Å². The van der Waals surface area contributed by atoms with Gasteiger partial charge in [0.25, 0.3) is 0 Å². The fourth-order valence-electron chi connectivity index (χ4n) is 3.33. The molecule has 1 N–H and O–H groups in total. The lowest BCUT2D eigenvalue weighted by Crippen LogP contribution is -2.44. The average Bonchev–Trinajstić information content (AvgIpc) is 2.73. The standard InChI is InChI=1S/C18H29NO/c1-6-13(2)14-7-9-15(10-8-14)20-16-11-12-18(3,4)17(16)19-5/h7-10,13,16-17,19H,6,11-12H2,1-5H3. The third kappa shape index (κ3) is 3.17. The topological polar surface area (TPSA) is 21.3 Å². The van der Waals surface area contributed by atoms with Gasteiger partial charge >= 0.3 is 0 Å². The zero-order valence-electron chi connectivity index (χ0n) is 13.6. The molecule has 3 unspecified atom stereocenters. The summed E-state index contributed by atoms with van der Waals surface area (Å²) in [5.41, 5.74) is 1.72. The second kappa shape index (κ2) is 6.17. The highest BCUT2D eigenvalue weighted by molar-refractivity contribution is 5.29. The van der Waals surface area contributed by atoms with Gasteiger partial charge in [-0.2, -0.15) is 0 Å². The van der Waals surface area contributed by atoms with E-state index in [4.69, 9.17) is 4.74 Å². The molecule has 0 spiro atoms. The summed E-state index contributed by atoms with van der Waals surface area (Å²) in [6.07, 6.45) is 3.81. The van der Waals surface area contributed by atoms with Crippen molar-refractivity contribution in [2.24, 2.45) is 5.41 Å². The zero-order valence-corrected chi connectivity index (χ0v) is 13.6. The summed E-state index contributed by atoms with van der Waals surface area (Å²) in [5.74, 6) is 1.62. The molecule has 0 aromatic heterocycles. The molecule has 2 heteroatoms. The van der Waals surface area contributed by atoms with Crippen molar-refractivity contribution in [2.75, 3.05) is 7.05 Å². The van der Waals surface area contributed by atoms with Crippen molar-refractivity contribution in [3.05, 3.63) is 29.8 Å². The number of likely N-dealkylation sites (N-methyl/N-ethyl adjacent to an activating group) is 1. The van der Waals surface area contributed by atoms with Crippen LogP contribution in [0.3, 0.4) is 0 Å². The second-order valence-corrected chi connectivity index (χ2v) is 6.83. The molecular weight excluding hydrogens is 246 g/mol. The van der Waals surface area contributed by atoms with Crippen LogP contribution in [0.2, 0.25) is 0 Å². The fourth-order valence-corrected chi connectivity index (χ4v) is 3.33. The first-order chi connectivity index (χ1) is 9.47. The monoisotopic (exact) mass is 275 g/mol. The predicted molar refractivity (Wildman–Crippen MR) is 85.4 cm³/mol. The summed E-state index contributed by atoms with van der Waals surface area (Å²) < 4.78 is 6.22. The molecule has 1 aliphatic carbocycles. The average molecular weight is 275 g/mol. The Hall–Kier alpha value is -1.02. The molecule has 0 amide bonds. The van der Waals surface area contributed by atoms with Gasteiger partial charge in [-0.1, -0.05) is 39.8 Å². The van der Waals surface area contributed by atoms with Gasteiger partial charge in [-0.25, -0.2) is 0 Å². The normalized spacial score (nSPS) is 26.4. The smallest absolute Gasteiger partial charge is 0.119 e. The van der Waals surface area contributed by atoms with Crippen LogP contribution < -0.4 is 10.1 Å². The number of hydrogen-bond acceptors (Lipinski definition) is 2. The van der Waals surface area contributed by atoms with Crippen LogP contribution in [0.25, 0.3) is 0 Å². The number of ether oxygens (including phenoxy) is 1. The molecule has 1 aromatic carbocycles. The van der Waals surface area contributed by atoms with Gasteiger partial charge in [0.1, 0.15) is 11.9 Å². The van der Waals surface area contributed by atoms with E-state index in [1.807, 2.05) is 7.05 Å². The Morgan fingerprint density at radius 2 is 1.95 bits per heavy atom. The van der Waals surface area contributed by atoms with E-state index in [0.29, 0.717) is 17.4 Å². The molecule has 1 saturated carbocycles. The molecule has 2 nitrogen and oxygen atoms in total. The fraction of sp³-hybridized carbons (Fsp3) is 0.667. The number of hydrogen-bond donors (Lipinski definition) is 1. The Kier molecular flexibility index (Phi) is 4.74. The zero-order chi connectivity index (χ0) is 14.8. The first kappa shape index (κ1) is 15.4. The van der Waals surface area contributed by atoms with E-state index in [1.54, 1.807) is 0 Å². The molecule has 0 radical (unpaired) electrons. The third-order valence-corrected chi connectivity index (χ3v) is 4.95. The maximum Gasteiger partial charge on any atom is 0.119 e. The highest BCUT2D eigenvalue weighted by Gasteiger charge is 2.42. The molecule has 1 aromatic rings. The number of nitrogens with one attached hydrogen (secondary N) is 1. The Balaban J connectivity index is 2.03. The summed E-state index contributed by atoms with van der Waals surface area (Å²) >= 11 is 0. The van der Waals surface area contributed by atoms with Crippen molar-refractivity contribution >= 4 is 0 Å². The lowest BCUT2D eigenvalue weighted by molar-refractivity contribution is 0.146. The minimum atomic E-state index is 0.282. The van der Waals surface area contributed by atoms with E-state index in [0.717, 1.165) is 12.2 Å². The highest BCUT2D eigenvalue weighted by atomic mass is 16.5. The van der Waals surface area contributed by atoms with Crippen LogP contribution in [0.15, 0.2) is 24.3 Å². The molecular formula is C18H29NO. The molecule has 2 rings (SSSR count). The molecule has 1 aliphatic rings. The van der Waals surface area contributed by atoms with Gasteiger partial charge in [0, 0.05) is 6.04 Å². The van der Waals surface area contributed by atoms with E-state index in [1.165, 1.54) is 18.4 Å². The maximum atomic E-state index is 6.22. The molecule has 1 fully saturated rings. The van der Waals surface area contributed by atoms with Crippen molar-refractivity contribution in [2.45, 2.75) is 65.0 Å². The van der Waals surface area contributed by atoms with Crippen molar-refractivity contribution in [1.82, 2.24) is 5.32 Å².